The number of hydrogen-bond acceptors (Lipinski definition) is 4. The minimum Gasteiger partial charge on any atom is -0.373 e. The largest absolute Gasteiger partial charge is 0.373 e. The van der Waals surface area contributed by atoms with Gasteiger partial charge in [0.2, 0.25) is 5.91 Å². The monoisotopic (exact) mass is 283 g/mol. The van der Waals surface area contributed by atoms with Crippen molar-refractivity contribution in [2.75, 3.05) is 11.9 Å². The average molecular weight is 283 g/mol. The van der Waals surface area contributed by atoms with E-state index >= 15 is 0 Å². The molecule has 0 bridgehead atoms. The van der Waals surface area contributed by atoms with Crippen LogP contribution in [0.2, 0.25) is 0 Å². The number of rotatable bonds is 1. The van der Waals surface area contributed by atoms with Crippen molar-refractivity contribution in [2.45, 2.75) is 32.0 Å². The lowest BCUT2D eigenvalue weighted by Gasteiger charge is -2.33. The van der Waals surface area contributed by atoms with E-state index in [9.17, 15) is 4.79 Å². The number of fused-ring (bicyclic) bond motifs is 2. The molecule has 2 aliphatic heterocycles. The van der Waals surface area contributed by atoms with Gasteiger partial charge in [0.15, 0.2) is 5.82 Å². The zero-order valence-electron chi connectivity index (χ0n) is 11.7. The molecule has 2 aromatic rings. The normalized spacial score (nSPS) is 20.4. The maximum absolute atomic E-state index is 12.7. The van der Waals surface area contributed by atoms with Crippen LogP contribution in [0.15, 0.2) is 30.6 Å². The lowest BCUT2D eigenvalue weighted by Crippen LogP contribution is -2.47. The van der Waals surface area contributed by atoms with Gasteiger partial charge in [-0.15, -0.1) is 10.2 Å². The molecule has 6 heteroatoms. The third kappa shape index (κ3) is 2.16. The molecule has 0 radical (unpaired) electrons. The van der Waals surface area contributed by atoms with E-state index in [1.165, 1.54) is 5.56 Å². The van der Waals surface area contributed by atoms with E-state index in [1.54, 1.807) is 6.33 Å². The van der Waals surface area contributed by atoms with Crippen LogP contribution in [0.3, 0.4) is 0 Å². The molecule has 0 saturated carbocycles. The number of carbonyl (C=O) groups excluding carboxylic acids is 1. The van der Waals surface area contributed by atoms with Crippen molar-refractivity contribution in [3.05, 3.63) is 42.0 Å². The Kier molecular flexibility index (Phi) is 2.87. The van der Waals surface area contributed by atoms with Gasteiger partial charge in [-0.2, -0.15) is 0 Å². The van der Waals surface area contributed by atoms with Crippen molar-refractivity contribution < 1.29 is 4.79 Å². The number of anilines is 1. The van der Waals surface area contributed by atoms with E-state index in [1.807, 2.05) is 27.7 Å². The zero-order valence-corrected chi connectivity index (χ0v) is 11.7. The predicted octanol–water partition coefficient (Wildman–Crippen LogP) is 1.05. The Morgan fingerprint density at radius 1 is 1.29 bits per heavy atom. The molecule has 108 valence electrons. The summed E-state index contributed by atoms with van der Waals surface area (Å²) in [5.74, 6) is 1.03. The Labute approximate surface area is 122 Å². The van der Waals surface area contributed by atoms with Crippen molar-refractivity contribution in [3.8, 4) is 0 Å². The maximum Gasteiger partial charge on any atom is 0.245 e. The number of amides is 1. The minimum absolute atomic E-state index is 0.130. The molecule has 1 aromatic carbocycles. The molecule has 0 saturated heterocycles. The molecular weight excluding hydrogens is 266 g/mol. The summed E-state index contributed by atoms with van der Waals surface area (Å²) in [6, 6.07) is 8.07. The lowest BCUT2D eigenvalue weighted by molar-refractivity contribution is -0.133. The number of nitrogens with zero attached hydrogens (tertiary/aromatic N) is 4. The average Bonchev–Trinajstić information content (AvgIpc) is 3.01. The Hall–Kier alpha value is -2.37. The molecule has 6 nitrogen and oxygen atoms in total. The Balaban J connectivity index is 1.49. The molecule has 1 amide bonds. The smallest absolute Gasteiger partial charge is 0.245 e. The molecule has 1 unspecified atom stereocenters. The molecule has 1 aromatic heterocycles. The van der Waals surface area contributed by atoms with E-state index < -0.39 is 0 Å². The van der Waals surface area contributed by atoms with E-state index in [2.05, 4.69) is 21.6 Å². The van der Waals surface area contributed by atoms with Gasteiger partial charge in [-0.3, -0.25) is 4.79 Å². The van der Waals surface area contributed by atoms with Crippen LogP contribution in [0.25, 0.3) is 0 Å². The number of aromatic nitrogens is 3. The van der Waals surface area contributed by atoms with Crippen LogP contribution in [0.1, 0.15) is 17.8 Å². The van der Waals surface area contributed by atoms with Gasteiger partial charge in [0.05, 0.1) is 6.54 Å². The topological polar surface area (TPSA) is 63.1 Å². The van der Waals surface area contributed by atoms with E-state index in [-0.39, 0.29) is 11.9 Å². The first-order chi connectivity index (χ1) is 10.3. The van der Waals surface area contributed by atoms with Gasteiger partial charge >= 0.3 is 0 Å². The van der Waals surface area contributed by atoms with Gasteiger partial charge in [-0.25, -0.2) is 0 Å². The van der Waals surface area contributed by atoms with Crippen LogP contribution in [0, 0.1) is 0 Å². The summed E-state index contributed by atoms with van der Waals surface area (Å²) in [6.07, 6.45) is 3.52. The SMILES string of the molecule is O=C(C1CCc2ccccc2N1)N1CCn2cnnc2C1. The maximum atomic E-state index is 12.7. The Bertz CT molecular complexity index is 680. The van der Waals surface area contributed by atoms with E-state index in [4.69, 9.17) is 0 Å². The summed E-state index contributed by atoms with van der Waals surface area (Å²) in [4.78, 5) is 14.6. The highest BCUT2D eigenvalue weighted by Gasteiger charge is 2.30. The second kappa shape index (κ2) is 4.87. The van der Waals surface area contributed by atoms with Gasteiger partial charge in [-0.05, 0) is 24.5 Å². The predicted molar refractivity (Wildman–Crippen MR) is 77.6 cm³/mol. The fourth-order valence-electron chi connectivity index (χ4n) is 3.10. The van der Waals surface area contributed by atoms with E-state index in [0.29, 0.717) is 6.54 Å². The number of para-hydroxylation sites is 1. The third-order valence-electron chi connectivity index (χ3n) is 4.30. The quantitative estimate of drug-likeness (QED) is 0.849. The molecule has 2 aliphatic rings. The fraction of sp³-hybridized carbons (Fsp3) is 0.400. The molecule has 0 aliphatic carbocycles. The molecule has 1 N–H and O–H groups in total. The number of nitrogens with one attached hydrogen (secondary N) is 1. The first-order valence-corrected chi connectivity index (χ1v) is 7.31. The Morgan fingerprint density at radius 2 is 2.19 bits per heavy atom. The van der Waals surface area contributed by atoms with Gasteiger partial charge < -0.3 is 14.8 Å². The number of benzene rings is 1. The molecule has 0 fully saturated rings. The summed E-state index contributed by atoms with van der Waals surface area (Å²) in [5, 5.41) is 11.3. The van der Waals surface area contributed by atoms with Crippen LogP contribution < -0.4 is 5.32 Å². The summed E-state index contributed by atoms with van der Waals surface area (Å²) < 4.78 is 2.01. The van der Waals surface area contributed by atoms with E-state index in [0.717, 1.165) is 37.4 Å². The highest BCUT2D eigenvalue weighted by molar-refractivity contribution is 5.85. The van der Waals surface area contributed by atoms with Crippen molar-refractivity contribution in [1.29, 1.82) is 0 Å². The molecule has 0 spiro atoms. The molecular formula is C15H17N5O. The number of hydrogen-bond donors (Lipinski definition) is 1. The van der Waals surface area contributed by atoms with Gasteiger partial charge in [0, 0.05) is 18.8 Å². The molecule has 3 heterocycles. The second-order valence-corrected chi connectivity index (χ2v) is 5.59. The summed E-state index contributed by atoms with van der Waals surface area (Å²) in [6.45, 7) is 2.06. The van der Waals surface area contributed by atoms with Crippen molar-refractivity contribution in [1.82, 2.24) is 19.7 Å². The van der Waals surface area contributed by atoms with Gasteiger partial charge in [0.25, 0.3) is 0 Å². The molecule has 4 rings (SSSR count). The summed E-state index contributed by atoms with van der Waals surface area (Å²) in [7, 11) is 0. The third-order valence-corrected chi connectivity index (χ3v) is 4.30. The van der Waals surface area contributed by atoms with Gasteiger partial charge in [-0.1, -0.05) is 18.2 Å². The summed E-state index contributed by atoms with van der Waals surface area (Å²) in [5.41, 5.74) is 2.38. The van der Waals surface area contributed by atoms with Crippen molar-refractivity contribution in [3.63, 3.8) is 0 Å². The lowest BCUT2D eigenvalue weighted by atomic mass is 9.97. The molecule has 21 heavy (non-hydrogen) atoms. The van der Waals surface area contributed by atoms with Crippen LogP contribution in [-0.2, 0) is 24.3 Å². The second-order valence-electron chi connectivity index (χ2n) is 5.59. The van der Waals surface area contributed by atoms with Crippen LogP contribution in [0.4, 0.5) is 5.69 Å². The highest BCUT2D eigenvalue weighted by atomic mass is 16.2. The summed E-state index contributed by atoms with van der Waals surface area (Å²) >= 11 is 0. The zero-order chi connectivity index (χ0) is 14.2. The fourth-order valence-corrected chi connectivity index (χ4v) is 3.10. The minimum atomic E-state index is -0.130. The van der Waals surface area contributed by atoms with Crippen LogP contribution in [0.5, 0.6) is 0 Å². The van der Waals surface area contributed by atoms with Crippen molar-refractivity contribution >= 4 is 11.6 Å². The highest BCUT2D eigenvalue weighted by Crippen LogP contribution is 2.25. The molecule has 1 atom stereocenters. The van der Waals surface area contributed by atoms with Crippen molar-refractivity contribution in [2.24, 2.45) is 0 Å². The first-order valence-electron chi connectivity index (χ1n) is 7.31. The standard InChI is InChI=1S/C15H17N5O/c21-15(19-7-8-20-10-16-18-14(20)9-19)13-6-5-11-3-1-2-4-12(11)17-13/h1-4,10,13,17H,5-9H2. The number of aryl methyl sites for hydroxylation is 1. The number of carbonyl (C=O) groups is 1. The van der Waals surface area contributed by atoms with Crippen LogP contribution in [-0.4, -0.2) is 38.2 Å². The van der Waals surface area contributed by atoms with Crippen LogP contribution >= 0.6 is 0 Å². The Morgan fingerprint density at radius 3 is 3.14 bits per heavy atom. The first kappa shape index (κ1) is 12.4. The van der Waals surface area contributed by atoms with Gasteiger partial charge in [0.1, 0.15) is 12.4 Å².